The van der Waals surface area contributed by atoms with Gasteiger partial charge in [0.1, 0.15) is 0 Å². The van der Waals surface area contributed by atoms with E-state index in [1.807, 2.05) is 30.5 Å². The molecule has 1 fully saturated rings. The summed E-state index contributed by atoms with van der Waals surface area (Å²) < 4.78 is 0. The second-order valence-corrected chi connectivity index (χ2v) is 6.02. The maximum atomic E-state index is 12.3. The molecule has 0 spiro atoms. The van der Waals surface area contributed by atoms with Gasteiger partial charge in [-0.1, -0.05) is 19.8 Å². The largest absolute Gasteiger partial charge is 0.361 e. The predicted molar refractivity (Wildman–Crippen MR) is 81.8 cm³/mol. The van der Waals surface area contributed by atoms with E-state index in [2.05, 4.69) is 17.2 Å². The predicted octanol–water partition coefficient (Wildman–Crippen LogP) is 3.87. The Labute approximate surface area is 119 Å². The number of hydrogen-bond donors (Lipinski definition) is 2. The minimum atomic E-state index is 0.0489. The highest BCUT2D eigenvalue weighted by Gasteiger charge is 2.32. The van der Waals surface area contributed by atoms with Crippen molar-refractivity contribution in [2.75, 3.05) is 6.54 Å². The monoisotopic (exact) mass is 270 g/mol. The molecule has 1 aromatic heterocycles. The summed E-state index contributed by atoms with van der Waals surface area (Å²) in [4.78, 5) is 15.4. The first-order valence-electron chi connectivity index (χ1n) is 7.58. The lowest BCUT2D eigenvalue weighted by atomic mass is 9.83. The van der Waals surface area contributed by atoms with Crippen LogP contribution >= 0.6 is 0 Å². The minimum absolute atomic E-state index is 0.0489. The first-order chi connectivity index (χ1) is 9.72. The summed E-state index contributed by atoms with van der Waals surface area (Å²) in [6.45, 7) is 3.05. The molecule has 0 aliphatic heterocycles. The van der Waals surface area contributed by atoms with Crippen LogP contribution < -0.4 is 5.32 Å². The fourth-order valence-electron chi connectivity index (χ4n) is 3.34. The van der Waals surface area contributed by atoms with Crippen LogP contribution in [-0.2, 0) is 0 Å². The average molecular weight is 270 g/mol. The van der Waals surface area contributed by atoms with E-state index in [9.17, 15) is 4.79 Å². The number of hydrogen-bond acceptors (Lipinski definition) is 1. The van der Waals surface area contributed by atoms with Crippen molar-refractivity contribution in [2.24, 2.45) is 5.41 Å². The minimum Gasteiger partial charge on any atom is -0.361 e. The number of H-pyrrole nitrogens is 1. The number of fused-ring (bicyclic) bond motifs is 1. The molecule has 2 aromatic rings. The summed E-state index contributed by atoms with van der Waals surface area (Å²) in [5.41, 5.74) is 2.16. The number of rotatable bonds is 4. The molecule has 2 N–H and O–H groups in total. The maximum Gasteiger partial charge on any atom is 0.251 e. The van der Waals surface area contributed by atoms with Crippen molar-refractivity contribution in [1.29, 1.82) is 0 Å². The van der Waals surface area contributed by atoms with Gasteiger partial charge in [0.2, 0.25) is 0 Å². The SMILES string of the molecule is CCC1(CNC(=O)c2ccc3[nH]ccc3c2)CCCC1. The van der Waals surface area contributed by atoms with Crippen LogP contribution in [0.2, 0.25) is 0 Å². The molecule has 1 aliphatic carbocycles. The van der Waals surface area contributed by atoms with Gasteiger partial charge in [-0.2, -0.15) is 0 Å². The van der Waals surface area contributed by atoms with E-state index < -0.39 is 0 Å². The average Bonchev–Trinajstić information content (AvgIpc) is 3.13. The Hall–Kier alpha value is -1.77. The van der Waals surface area contributed by atoms with E-state index in [0.29, 0.717) is 5.41 Å². The van der Waals surface area contributed by atoms with Crippen LogP contribution in [0.1, 0.15) is 49.4 Å². The second-order valence-electron chi connectivity index (χ2n) is 6.02. The van der Waals surface area contributed by atoms with Gasteiger partial charge in [0.05, 0.1) is 0 Å². The second kappa shape index (κ2) is 5.31. The van der Waals surface area contributed by atoms with Crippen LogP contribution in [0.3, 0.4) is 0 Å². The van der Waals surface area contributed by atoms with Gasteiger partial charge >= 0.3 is 0 Å². The number of amides is 1. The van der Waals surface area contributed by atoms with Gasteiger partial charge in [0.15, 0.2) is 0 Å². The Morgan fingerprint density at radius 3 is 2.85 bits per heavy atom. The van der Waals surface area contributed by atoms with Crippen LogP contribution in [0.15, 0.2) is 30.5 Å². The van der Waals surface area contributed by atoms with Gasteiger partial charge in [-0.25, -0.2) is 0 Å². The highest BCUT2D eigenvalue weighted by molar-refractivity contribution is 5.98. The van der Waals surface area contributed by atoms with Crippen molar-refractivity contribution in [3.05, 3.63) is 36.0 Å². The third kappa shape index (κ3) is 2.45. The molecule has 1 aromatic carbocycles. The first kappa shape index (κ1) is 13.2. The number of nitrogens with one attached hydrogen (secondary N) is 2. The van der Waals surface area contributed by atoms with Gasteiger partial charge in [0.25, 0.3) is 5.91 Å². The topological polar surface area (TPSA) is 44.9 Å². The zero-order valence-corrected chi connectivity index (χ0v) is 12.0. The van der Waals surface area contributed by atoms with Crippen molar-refractivity contribution < 1.29 is 4.79 Å². The quantitative estimate of drug-likeness (QED) is 0.870. The van der Waals surface area contributed by atoms with E-state index in [0.717, 1.165) is 29.4 Å². The molecule has 3 rings (SSSR count). The van der Waals surface area contributed by atoms with Gasteiger partial charge in [-0.3, -0.25) is 4.79 Å². The molecule has 1 saturated carbocycles. The number of carbonyl (C=O) groups excluding carboxylic acids is 1. The van der Waals surface area contributed by atoms with Crippen molar-refractivity contribution >= 4 is 16.8 Å². The first-order valence-corrected chi connectivity index (χ1v) is 7.58. The summed E-state index contributed by atoms with van der Waals surface area (Å²) in [6, 6.07) is 7.81. The Bertz CT molecular complexity index is 608. The molecule has 1 amide bonds. The van der Waals surface area contributed by atoms with E-state index in [1.54, 1.807) is 0 Å². The van der Waals surface area contributed by atoms with Gasteiger partial charge < -0.3 is 10.3 Å². The van der Waals surface area contributed by atoms with Crippen molar-refractivity contribution in [1.82, 2.24) is 10.3 Å². The molecule has 106 valence electrons. The van der Waals surface area contributed by atoms with Gasteiger partial charge in [-0.15, -0.1) is 0 Å². The highest BCUT2D eigenvalue weighted by Crippen LogP contribution is 2.40. The van der Waals surface area contributed by atoms with Crippen LogP contribution in [0.5, 0.6) is 0 Å². The maximum absolute atomic E-state index is 12.3. The summed E-state index contributed by atoms with van der Waals surface area (Å²) >= 11 is 0. The van der Waals surface area contributed by atoms with Crippen molar-refractivity contribution in [3.63, 3.8) is 0 Å². The van der Waals surface area contributed by atoms with Crippen molar-refractivity contribution in [2.45, 2.75) is 39.0 Å². The molecule has 0 unspecified atom stereocenters. The number of aromatic nitrogens is 1. The Kier molecular flexibility index (Phi) is 3.51. The fourth-order valence-corrected chi connectivity index (χ4v) is 3.34. The third-order valence-electron chi connectivity index (χ3n) is 4.85. The Morgan fingerprint density at radius 1 is 1.30 bits per heavy atom. The normalized spacial score (nSPS) is 17.4. The molecule has 3 heteroatoms. The molecular weight excluding hydrogens is 248 g/mol. The van der Waals surface area contributed by atoms with Crippen LogP contribution in [0.25, 0.3) is 10.9 Å². The van der Waals surface area contributed by atoms with E-state index in [-0.39, 0.29) is 5.91 Å². The molecule has 0 saturated heterocycles. The molecule has 1 aliphatic rings. The zero-order valence-electron chi connectivity index (χ0n) is 12.0. The number of aromatic amines is 1. The number of benzene rings is 1. The van der Waals surface area contributed by atoms with Crippen molar-refractivity contribution in [3.8, 4) is 0 Å². The van der Waals surface area contributed by atoms with E-state index in [4.69, 9.17) is 0 Å². The van der Waals surface area contributed by atoms with Crippen LogP contribution in [0, 0.1) is 5.41 Å². The molecular formula is C17H22N2O. The highest BCUT2D eigenvalue weighted by atomic mass is 16.1. The summed E-state index contributed by atoms with van der Waals surface area (Å²) in [5.74, 6) is 0.0489. The zero-order chi connectivity index (χ0) is 14.0. The fraction of sp³-hybridized carbons (Fsp3) is 0.471. The smallest absolute Gasteiger partial charge is 0.251 e. The van der Waals surface area contributed by atoms with Crippen LogP contribution in [0.4, 0.5) is 0 Å². The summed E-state index contributed by atoms with van der Waals surface area (Å²) in [7, 11) is 0. The molecule has 0 radical (unpaired) electrons. The molecule has 0 atom stereocenters. The molecule has 20 heavy (non-hydrogen) atoms. The van der Waals surface area contributed by atoms with E-state index >= 15 is 0 Å². The van der Waals surface area contributed by atoms with Gasteiger partial charge in [0, 0.05) is 29.2 Å². The lowest BCUT2D eigenvalue weighted by Gasteiger charge is -2.27. The lowest BCUT2D eigenvalue weighted by Crippen LogP contribution is -2.35. The summed E-state index contributed by atoms with van der Waals surface area (Å²) in [5, 5.41) is 4.23. The summed E-state index contributed by atoms with van der Waals surface area (Å²) in [6.07, 6.45) is 8.17. The third-order valence-corrected chi connectivity index (χ3v) is 4.85. The molecule has 1 heterocycles. The Morgan fingerprint density at radius 2 is 2.10 bits per heavy atom. The Balaban J connectivity index is 1.69. The molecule has 3 nitrogen and oxygen atoms in total. The standard InChI is InChI=1S/C17H22N2O/c1-2-17(8-3-4-9-17)12-19-16(20)14-5-6-15-13(11-14)7-10-18-15/h5-7,10-11,18H,2-4,8-9,12H2,1H3,(H,19,20). The lowest BCUT2D eigenvalue weighted by molar-refractivity contribution is 0.0929. The molecule has 0 bridgehead atoms. The number of carbonyl (C=O) groups is 1. The van der Waals surface area contributed by atoms with Crippen LogP contribution in [-0.4, -0.2) is 17.4 Å². The van der Waals surface area contributed by atoms with Gasteiger partial charge in [-0.05, 0) is 48.9 Å². The van der Waals surface area contributed by atoms with E-state index in [1.165, 1.54) is 25.7 Å².